The van der Waals surface area contributed by atoms with Crippen LogP contribution in [0.4, 0.5) is 0 Å². The highest BCUT2D eigenvalue weighted by Gasteiger charge is 2.41. The van der Waals surface area contributed by atoms with Gasteiger partial charge in [0.05, 0.1) is 16.5 Å². The van der Waals surface area contributed by atoms with Crippen molar-refractivity contribution in [1.29, 1.82) is 5.26 Å². The van der Waals surface area contributed by atoms with Crippen molar-refractivity contribution in [2.75, 3.05) is 0 Å². The molecule has 0 aromatic heterocycles. The van der Waals surface area contributed by atoms with Crippen LogP contribution in [0.2, 0.25) is 0 Å². The molecule has 1 aromatic rings. The van der Waals surface area contributed by atoms with E-state index in [1.54, 1.807) is 13.0 Å². The SMILES string of the molecule is Cc1cc(C#N)ccc1S(=O)(=O)NC1(C)CC1. The average Bonchev–Trinajstić information content (AvgIpc) is 2.94. The standard InChI is InChI=1S/C12H14N2O2S/c1-9-7-10(8-13)3-4-11(9)17(15,16)14-12(2)5-6-12/h3-4,7,14H,5-6H2,1-2H3. The number of benzene rings is 1. The van der Waals surface area contributed by atoms with E-state index in [0.29, 0.717) is 11.1 Å². The van der Waals surface area contributed by atoms with Gasteiger partial charge in [-0.3, -0.25) is 0 Å². The summed E-state index contributed by atoms with van der Waals surface area (Å²) in [5.74, 6) is 0. The topological polar surface area (TPSA) is 70.0 Å². The fourth-order valence-corrected chi connectivity index (χ4v) is 3.38. The van der Waals surface area contributed by atoms with Crippen molar-refractivity contribution >= 4 is 10.0 Å². The van der Waals surface area contributed by atoms with E-state index in [-0.39, 0.29) is 10.4 Å². The molecule has 1 N–H and O–H groups in total. The van der Waals surface area contributed by atoms with Gasteiger partial charge in [-0.2, -0.15) is 5.26 Å². The van der Waals surface area contributed by atoms with Crippen molar-refractivity contribution in [2.45, 2.75) is 37.1 Å². The molecular weight excluding hydrogens is 236 g/mol. The Kier molecular flexibility index (Phi) is 2.72. The van der Waals surface area contributed by atoms with Crippen LogP contribution in [0.3, 0.4) is 0 Å². The molecule has 0 radical (unpaired) electrons. The van der Waals surface area contributed by atoms with Crippen LogP contribution in [0.1, 0.15) is 30.9 Å². The summed E-state index contributed by atoms with van der Waals surface area (Å²) in [6.45, 7) is 3.59. The monoisotopic (exact) mass is 250 g/mol. The molecule has 1 saturated carbocycles. The first-order valence-electron chi connectivity index (χ1n) is 5.41. The summed E-state index contributed by atoms with van der Waals surface area (Å²) in [5, 5.41) is 8.74. The summed E-state index contributed by atoms with van der Waals surface area (Å²) >= 11 is 0. The lowest BCUT2D eigenvalue weighted by atomic mass is 10.2. The highest BCUT2D eigenvalue weighted by molar-refractivity contribution is 7.89. The number of nitriles is 1. The lowest BCUT2D eigenvalue weighted by Crippen LogP contribution is -2.34. The molecule has 4 nitrogen and oxygen atoms in total. The first kappa shape index (κ1) is 12.1. The Balaban J connectivity index is 2.37. The first-order chi connectivity index (χ1) is 7.86. The van der Waals surface area contributed by atoms with Crippen LogP contribution in [0, 0.1) is 18.3 Å². The third-order valence-corrected chi connectivity index (χ3v) is 4.77. The van der Waals surface area contributed by atoms with Crippen LogP contribution >= 0.6 is 0 Å². The summed E-state index contributed by atoms with van der Waals surface area (Å²) < 4.78 is 26.9. The molecule has 1 aliphatic rings. The van der Waals surface area contributed by atoms with Crippen LogP contribution in [0.5, 0.6) is 0 Å². The van der Waals surface area contributed by atoms with Crippen molar-refractivity contribution in [3.8, 4) is 6.07 Å². The maximum Gasteiger partial charge on any atom is 0.241 e. The molecule has 0 aliphatic heterocycles. The Morgan fingerprint density at radius 3 is 2.53 bits per heavy atom. The zero-order valence-corrected chi connectivity index (χ0v) is 10.6. The number of nitrogens with zero attached hydrogens (tertiary/aromatic N) is 1. The maximum absolute atomic E-state index is 12.1. The summed E-state index contributed by atoms with van der Waals surface area (Å²) in [7, 11) is -3.47. The summed E-state index contributed by atoms with van der Waals surface area (Å²) in [6, 6.07) is 6.59. The molecule has 1 aromatic carbocycles. The predicted molar refractivity (Wildman–Crippen MR) is 63.9 cm³/mol. The van der Waals surface area contributed by atoms with Gasteiger partial charge in [-0.1, -0.05) is 0 Å². The second-order valence-corrected chi connectivity index (χ2v) is 6.41. The maximum atomic E-state index is 12.1. The van der Waals surface area contributed by atoms with Gasteiger partial charge < -0.3 is 0 Å². The molecule has 17 heavy (non-hydrogen) atoms. The smallest absolute Gasteiger partial charge is 0.207 e. The second-order valence-electron chi connectivity index (χ2n) is 4.76. The summed E-state index contributed by atoms with van der Waals surface area (Å²) in [6.07, 6.45) is 1.75. The van der Waals surface area contributed by atoms with Gasteiger partial charge in [0.15, 0.2) is 0 Å². The molecule has 90 valence electrons. The molecule has 0 amide bonds. The summed E-state index contributed by atoms with van der Waals surface area (Å²) in [5.41, 5.74) is 0.791. The van der Waals surface area contributed by atoms with Crippen LogP contribution in [-0.2, 0) is 10.0 Å². The largest absolute Gasteiger partial charge is 0.241 e. The van der Waals surface area contributed by atoms with E-state index in [2.05, 4.69) is 4.72 Å². The number of sulfonamides is 1. The highest BCUT2D eigenvalue weighted by atomic mass is 32.2. The zero-order chi connectivity index (χ0) is 12.7. The lowest BCUT2D eigenvalue weighted by Gasteiger charge is -2.13. The van der Waals surface area contributed by atoms with E-state index in [1.807, 2.05) is 13.0 Å². The van der Waals surface area contributed by atoms with Crippen LogP contribution in [0.15, 0.2) is 23.1 Å². The second kappa shape index (κ2) is 3.83. The van der Waals surface area contributed by atoms with E-state index in [9.17, 15) is 8.42 Å². The molecule has 5 heteroatoms. The van der Waals surface area contributed by atoms with Crippen LogP contribution in [0.25, 0.3) is 0 Å². The molecule has 0 saturated heterocycles. The van der Waals surface area contributed by atoms with Gasteiger partial charge in [0, 0.05) is 5.54 Å². The molecule has 0 unspecified atom stereocenters. The van der Waals surface area contributed by atoms with Gasteiger partial charge in [-0.05, 0) is 50.5 Å². The van der Waals surface area contributed by atoms with Crippen molar-refractivity contribution < 1.29 is 8.42 Å². The van der Waals surface area contributed by atoms with Gasteiger partial charge in [0.2, 0.25) is 10.0 Å². The average molecular weight is 250 g/mol. The van der Waals surface area contributed by atoms with Crippen molar-refractivity contribution in [1.82, 2.24) is 4.72 Å². The lowest BCUT2D eigenvalue weighted by molar-refractivity contribution is 0.557. The van der Waals surface area contributed by atoms with E-state index >= 15 is 0 Å². The molecule has 1 fully saturated rings. The first-order valence-corrected chi connectivity index (χ1v) is 6.89. The number of aryl methyl sites for hydroxylation is 1. The Bertz CT molecular complexity index is 595. The number of nitrogens with one attached hydrogen (secondary N) is 1. The summed E-state index contributed by atoms with van der Waals surface area (Å²) in [4.78, 5) is 0.254. The third kappa shape index (κ3) is 2.48. The van der Waals surface area contributed by atoms with E-state index in [1.165, 1.54) is 12.1 Å². The minimum Gasteiger partial charge on any atom is -0.207 e. The van der Waals surface area contributed by atoms with E-state index in [0.717, 1.165) is 12.8 Å². The molecule has 0 atom stereocenters. The molecule has 0 spiro atoms. The fraction of sp³-hybridized carbons (Fsp3) is 0.417. The predicted octanol–water partition coefficient (Wildman–Crippen LogP) is 1.70. The van der Waals surface area contributed by atoms with E-state index in [4.69, 9.17) is 5.26 Å². The number of rotatable bonds is 3. The molecule has 0 heterocycles. The third-order valence-electron chi connectivity index (χ3n) is 2.97. The number of hydrogen-bond donors (Lipinski definition) is 1. The Morgan fingerprint density at radius 2 is 2.06 bits per heavy atom. The zero-order valence-electron chi connectivity index (χ0n) is 9.82. The van der Waals surface area contributed by atoms with Crippen LogP contribution in [-0.4, -0.2) is 14.0 Å². The van der Waals surface area contributed by atoms with Crippen molar-refractivity contribution in [2.24, 2.45) is 0 Å². The molecule has 2 rings (SSSR count). The molecule has 0 bridgehead atoms. The van der Waals surface area contributed by atoms with Gasteiger partial charge in [-0.15, -0.1) is 0 Å². The minimum absolute atomic E-state index is 0.254. The molecule has 1 aliphatic carbocycles. The van der Waals surface area contributed by atoms with Crippen molar-refractivity contribution in [3.05, 3.63) is 29.3 Å². The van der Waals surface area contributed by atoms with Gasteiger partial charge in [0.1, 0.15) is 0 Å². The van der Waals surface area contributed by atoms with E-state index < -0.39 is 10.0 Å². The van der Waals surface area contributed by atoms with Crippen molar-refractivity contribution in [3.63, 3.8) is 0 Å². The fourth-order valence-electron chi connectivity index (χ4n) is 1.69. The molecular formula is C12H14N2O2S. The Hall–Kier alpha value is -1.38. The van der Waals surface area contributed by atoms with Gasteiger partial charge in [0.25, 0.3) is 0 Å². The van der Waals surface area contributed by atoms with Gasteiger partial charge in [-0.25, -0.2) is 13.1 Å². The number of hydrogen-bond acceptors (Lipinski definition) is 3. The van der Waals surface area contributed by atoms with Gasteiger partial charge >= 0.3 is 0 Å². The Labute approximate surface area is 101 Å². The minimum atomic E-state index is -3.47. The van der Waals surface area contributed by atoms with Crippen LogP contribution < -0.4 is 4.72 Å². The Morgan fingerprint density at radius 1 is 1.41 bits per heavy atom. The quantitative estimate of drug-likeness (QED) is 0.887. The normalized spacial score (nSPS) is 17.5. The highest BCUT2D eigenvalue weighted by Crippen LogP contribution is 2.36.